The Morgan fingerprint density at radius 3 is 2.83 bits per heavy atom. The number of hydrogen-bond acceptors (Lipinski definition) is 3. The molecule has 1 aromatic carbocycles. The maximum atomic E-state index is 11.0. The van der Waals surface area contributed by atoms with Crippen molar-refractivity contribution in [2.24, 2.45) is 5.92 Å². The molecule has 4 nitrogen and oxygen atoms in total. The molecule has 1 aliphatic rings. The number of nitrogens with one attached hydrogen (secondary N) is 1. The smallest absolute Gasteiger partial charge is 0.335 e. The second kappa shape index (κ2) is 5.29. The van der Waals surface area contributed by atoms with Crippen LogP contribution in [0, 0.1) is 5.92 Å². The molecule has 0 radical (unpaired) electrons. The Labute approximate surface area is 107 Å². The highest BCUT2D eigenvalue weighted by atomic mass is 16.5. The van der Waals surface area contributed by atoms with Crippen molar-refractivity contribution in [2.75, 3.05) is 12.4 Å². The molecule has 2 rings (SSSR count). The van der Waals surface area contributed by atoms with Gasteiger partial charge in [-0.1, -0.05) is 12.8 Å². The van der Waals surface area contributed by atoms with Gasteiger partial charge in [-0.3, -0.25) is 0 Å². The molecular weight excluding hydrogens is 230 g/mol. The molecule has 0 aromatic heterocycles. The van der Waals surface area contributed by atoms with Gasteiger partial charge in [0.05, 0.1) is 18.4 Å². The Balaban J connectivity index is 2.12. The van der Waals surface area contributed by atoms with Crippen LogP contribution >= 0.6 is 0 Å². The molecule has 4 heteroatoms. The highest BCUT2D eigenvalue weighted by molar-refractivity contribution is 5.89. The van der Waals surface area contributed by atoms with Gasteiger partial charge in [-0.15, -0.1) is 0 Å². The molecule has 0 heterocycles. The molecule has 0 aliphatic heterocycles. The summed E-state index contributed by atoms with van der Waals surface area (Å²) in [6.45, 7) is 2.12. The minimum absolute atomic E-state index is 0.275. The number of carboxylic acids is 1. The second-order valence-electron chi connectivity index (χ2n) is 4.94. The first-order chi connectivity index (χ1) is 8.60. The van der Waals surface area contributed by atoms with Crippen LogP contribution in [0.4, 0.5) is 5.69 Å². The number of anilines is 1. The number of benzene rings is 1. The number of rotatable bonds is 6. The number of carbonyl (C=O) groups is 1. The molecule has 1 fully saturated rings. The topological polar surface area (TPSA) is 58.6 Å². The van der Waals surface area contributed by atoms with Crippen LogP contribution in [0.25, 0.3) is 0 Å². The number of carboxylic acid groups (broad SMARTS) is 1. The third-order valence-corrected chi connectivity index (χ3v) is 3.23. The van der Waals surface area contributed by atoms with E-state index in [1.165, 1.54) is 12.8 Å². The standard InChI is InChI=1S/C14H19NO3/c1-9(7-10-3-4-10)15-12-8-11(14(16)17)5-6-13(12)18-2/h5-6,8-10,15H,3-4,7H2,1-2H3,(H,16,17). The zero-order valence-electron chi connectivity index (χ0n) is 10.8. The third kappa shape index (κ3) is 3.15. The molecule has 0 spiro atoms. The minimum Gasteiger partial charge on any atom is -0.495 e. The van der Waals surface area contributed by atoms with Crippen LogP contribution in [0.15, 0.2) is 18.2 Å². The second-order valence-corrected chi connectivity index (χ2v) is 4.94. The van der Waals surface area contributed by atoms with Crippen LogP contribution < -0.4 is 10.1 Å². The van der Waals surface area contributed by atoms with Crippen LogP contribution in [0.3, 0.4) is 0 Å². The zero-order valence-corrected chi connectivity index (χ0v) is 10.8. The SMILES string of the molecule is COc1ccc(C(=O)O)cc1NC(C)CC1CC1. The number of ether oxygens (including phenoxy) is 1. The van der Waals surface area contributed by atoms with E-state index in [0.29, 0.717) is 11.8 Å². The molecule has 2 N–H and O–H groups in total. The Bertz CT molecular complexity index is 441. The molecule has 18 heavy (non-hydrogen) atoms. The van der Waals surface area contributed by atoms with E-state index >= 15 is 0 Å². The van der Waals surface area contributed by atoms with Crippen molar-refractivity contribution in [1.82, 2.24) is 0 Å². The first-order valence-corrected chi connectivity index (χ1v) is 6.28. The fourth-order valence-corrected chi connectivity index (χ4v) is 2.13. The summed E-state index contributed by atoms with van der Waals surface area (Å²) in [4.78, 5) is 11.0. The van der Waals surface area contributed by atoms with Gasteiger partial charge in [0.15, 0.2) is 0 Å². The fraction of sp³-hybridized carbons (Fsp3) is 0.500. The largest absolute Gasteiger partial charge is 0.495 e. The Morgan fingerprint density at radius 1 is 1.56 bits per heavy atom. The lowest BCUT2D eigenvalue weighted by Gasteiger charge is -2.17. The van der Waals surface area contributed by atoms with Crippen molar-refractivity contribution >= 4 is 11.7 Å². The van der Waals surface area contributed by atoms with Gasteiger partial charge in [-0.2, -0.15) is 0 Å². The summed E-state index contributed by atoms with van der Waals surface area (Å²) in [5, 5.41) is 12.3. The van der Waals surface area contributed by atoms with Gasteiger partial charge in [-0.25, -0.2) is 4.79 Å². The summed E-state index contributed by atoms with van der Waals surface area (Å²) in [6, 6.07) is 5.20. The first-order valence-electron chi connectivity index (χ1n) is 6.28. The van der Waals surface area contributed by atoms with Crippen LogP contribution in [0.1, 0.15) is 36.5 Å². The molecule has 1 atom stereocenters. The van der Waals surface area contributed by atoms with Gasteiger partial charge in [0.2, 0.25) is 0 Å². The fourth-order valence-electron chi connectivity index (χ4n) is 2.13. The zero-order chi connectivity index (χ0) is 13.1. The van der Waals surface area contributed by atoms with Crippen molar-refractivity contribution in [3.63, 3.8) is 0 Å². The lowest BCUT2D eigenvalue weighted by atomic mass is 10.1. The summed E-state index contributed by atoms with van der Waals surface area (Å²) in [5.74, 6) is 0.597. The van der Waals surface area contributed by atoms with Crippen molar-refractivity contribution in [2.45, 2.75) is 32.2 Å². The monoisotopic (exact) mass is 249 g/mol. The van der Waals surface area contributed by atoms with E-state index in [9.17, 15) is 4.79 Å². The number of hydrogen-bond donors (Lipinski definition) is 2. The van der Waals surface area contributed by atoms with Gasteiger partial charge in [0, 0.05) is 6.04 Å². The normalized spacial score (nSPS) is 16.1. The maximum Gasteiger partial charge on any atom is 0.335 e. The molecule has 0 amide bonds. The number of methoxy groups -OCH3 is 1. The molecule has 1 saturated carbocycles. The van der Waals surface area contributed by atoms with Crippen LogP contribution in [-0.2, 0) is 0 Å². The summed E-state index contributed by atoms with van der Waals surface area (Å²) in [7, 11) is 1.59. The Hall–Kier alpha value is -1.71. The van der Waals surface area contributed by atoms with E-state index in [2.05, 4.69) is 12.2 Å². The van der Waals surface area contributed by atoms with Crippen LogP contribution in [0.2, 0.25) is 0 Å². The molecule has 1 unspecified atom stereocenters. The van der Waals surface area contributed by atoms with E-state index in [4.69, 9.17) is 9.84 Å². The van der Waals surface area contributed by atoms with Gasteiger partial charge >= 0.3 is 5.97 Å². The van der Waals surface area contributed by atoms with Crippen LogP contribution in [-0.4, -0.2) is 24.2 Å². The van der Waals surface area contributed by atoms with Gasteiger partial charge in [0.25, 0.3) is 0 Å². The van der Waals surface area contributed by atoms with E-state index in [1.54, 1.807) is 25.3 Å². The Kier molecular flexibility index (Phi) is 3.75. The van der Waals surface area contributed by atoms with E-state index < -0.39 is 5.97 Å². The highest BCUT2D eigenvalue weighted by Crippen LogP contribution is 2.35. The molecule has 98 valence electrons. The van der Waals surface area contributed by atoms with E-state index in [0.717, 1.165) is 18.0 Å². The van der Waals surface area contributed by atoms with E-state index in [-0.39, 0.29) is 5.56 Å². The van der Waals surface area contributed by atoms with Crippen molar-refractivity contribution in [3.05, 3.63) is 23.8 Å². The average molecular weight is 249 g/mol. The summed E-state index contributed by atoms with van der Waals surface area (Å²) >= 11 is 0. The summed E-state index contributed by atoms with van der Waals surface area (Å²) in [5.41, 5.74) is 1.03. The quantitative estimate of drug-likeness (QED) is 0.813. The number of aromatic carboxylic acids is 1. The summed E-state index contributed by atoms with van der Waals surface area (Å²) < 4.78 is 5.25. The summed E-state index contributed by atoms with van der Waals surface area (Å²) in [6.07, 6.45) is 3.76. The lowest BCUT2D eigenvalue weighted by molar-refractivity contribution is 0.0697. The predicted octanol–water partition coefficient (Wildman–Crippen LogP) is 2.99. The van der Waals surface area contributed by atoms with Crippen LogP contribution in [0.5, 0.6) is 5.75 Å². The van der Waals surface area contributed by atoms with Gasteiger partial charge < -0.3 is 15.2 Å². The lowest BCUT2D eigenvalue weighted by Crippen LogP contribution is -2.16. The van der Waals surface area contributed by atoms with Crippen molar-refractivity contribution in [3.8, 4) is 5.75 Å². The van der Waals surface area contributed by atoms with Crippen molar-refractivity contribution < 1.29 is 14.6 Å². The molecule has 0 saturated heterocycles. The van der Waals surface area contributed by atoms with Gasteiger partial charge in [-0.05, 0) is 37.5 Å². The maximum absolute atomic E-state index is 11.0. The highest BCUT2D eigenvalue weighted by Gasteiger charge is 2.24. The van der Waals surface area contributed by atoms with Gasteiger partial charge in [0.1, 0.15) is 5.75 Å². The predicted molar refractivity (Wildman–Crippen MR) is 70.4 cm³/mol. The molecule has 1 aliphatic carbocycles. The average Bonchev–Trinajstić information content (AvgIpc) is 3.12. The van der Waals surface area contributed by atoms with E-state index in [1.807, 2.05) is 0 Å². The molecule has 1 aromatic rings. The minimum atomic E-state index is -0.921. The third-order valence-electron chi connectivity index (χ3n) is 3.23. The van der Waals surface area contributed by atoms with Crippen molar-refractivity contribution in [1.29, 1.82) is 0 Å². The Morgan fingerprint density at radius 2 is 2.28 bits per heavy atom. The molecular formula is C14H19NO3. The first kappa shape index (κ1) is 12.7. The molecule has 0 bridgehead atoms.